The standard InChI is InChI=1S/C9H9ClN6O/c1-17-9-15-7(10)14-8(16-9)12-4-6-2-3-11-5-13-6/h2-3,5H,4H2,1H3,(H,12,14,15,16). The lowest BCUT2D eigenvalue weighted by molar-refractivity contribution is 0.379. The highest BCUT2D eigenvalue weighted by molar-refractivity contribution is 6.28. The smallest absolute Gasteiger partial charge is 0.322 e. The summed E-state index contributed by atoms with van der Waals surface area (Å²) in [6.07, 6.45) is 3.13. The summed E-state index contributed by atoms with van der Waals surface area (Å²) in [6.45, 7) is 0.464. The van der Waals surface area contributed by atoms with Crippen LogP contribution < -0.4 is 10.1 Å². The molecule has 0 aliphatic heterocycles. The van der Waals surface area contributed by atoms with Crippen LogP contribution >= 0.6 is 11.6 Å². The van der Waals surface area contributed by atoms with Gasteiger partial charge in [0.05, 0.1) is 19.3 Å². The number of halogens is 1. The molecule has 0 radical (unpaired) electrons. The van der Waals surface area contributed by atoms with E-state index in [-0.39, 0.29) is 11.3 Å². The molecule has 0 aliphatic rings. The van der Waals surface area contributed by atoms with E-state index in [9.17, 15) is 0 Å². The van der Waals surface area contributed by atoms with Crippen LogP contribution in [-0.4, -0.2) is 32.0 Å². The van der Waals surface area contributed by atoms with E-state index in [4.69, 9.17) is 16.3 Å². The molecule has 2 aromatic rings. The molecule has 7 nitrogen and oxygen atoms in total. The Kier molecular flexibility index (Phi) is 3.61. The quantitative estimate of drug-likeness (QED) is 0.866. The maximum atomic E-state index is 5.70. The van der Waals surface area contributed by atoms with Crippen LogP contribution in [0, 0.1) is 0 Å². The predicted octanol–water partition coefficient (Wildman–Crippen LogP) is 0.936. The van der Waals surface area contributed by atoms with Crippen LogP contribution in [-0.2, 0) is 6.54 Å². The van der Waals surface area contributed by atoms with Crippen molar-refractivity contribution in [3.05, 3.63) is 29.6 Å². The molecule has 0 spiro atoms. The third-order valence-corrected chi connectivity index (χ3v) is 2.01. The number of nitrogens with one attached hydrogen (secondary N) is 1. The summed E-state index contributed by atoms with van der Waals surface area (Å²) in [5.74, 6) is 0.334. The summed E-state index contributed by atoms with van der Waals surface area (Å²) in [5.41, 5.74) is 0.815. The van der Waals surface area contributed by atoms with Crippen LogP contribution in [0.3, 0.4) is 0 Å². The van der Waals surface area contributed by atoms with E-state index in [1.807, 2.05) is 0 Å². The lowest BCUT2D eigenvalue weighted by Gasteiger charge is -2.05. The summed E-state index contributed by atoms with van der Waals surface area (Å²) in [5, 5.41) is 3.03. The van der Waals surface area contributed by atoms with Gasteiger partial charge in [0.1, 0.15) is 6.33 Å². The van der Waals surface area contributed by atoms with Gasteiger partial charge in [0.15, 0.2) is 0 Å². The Hall–Kier alpha value is -2.02. The molecule has 0 atom stereocenters. The molecule has 17 heavy (non-hydrogen) atoms. The zero-order valence-corrected chi connectivity index (χ0v) is 9.72. The van der Waals surface area contributed by atoms with E-state index in [0.29, 0.717) is 12.5 Å². The van der Waals surface area contributed by atoms with E-state index < -0.39 is 0 Å². The van der Waals surface area contributed by atoms with Crippen molar-refractivity contribution >= 4 is 17.5 Å². The van der Waals surface area contributed by atoms with E-state index in [0.717, 1.165) is 5.69 Å². The number of hydrogen-bond donors (Lipinski definition) is 1. The number of ether oxygens (including phenoxy) is 1. The third kappa shape index (κ3) is 3.22. The minimum Gasteiger partial charge on any atom is -0.467 e. The van der Waals surface area contributed by atoms with Crippen LogP contribution in [0.5, 0.6) is 6.01 Å². The van der Waals surface area contributed by atoms with Gasteiger partial charge in [0.2, 0.25) is 11.2 Å². The Morgan fingerprint density at radius 2 is 2.24 bits per heavy atom. The number of rotatable bonds is 4. The molecule has 8 heteroatoms. The number of nitrogens with zero attached hydrogens (tertiary/aromatic N) is 5. The first-order valence-electron chi connectivity index (χ1n) is 4.72. The monoisotopic (exact) mass is 252 g/mol. The average Bonchev–Trinajstić information content (AvgIpc) is 2.37. The zero-order chi connectivity index (χ0) is 12.1. The Balaban J connectivity index is 2.06. The second-order valence-corrected chi connectivity index (χ2v) is 3.31. The maximum absolute atomic E-state index is 5.70. The number of hydrogen-bond acceptors (Lipinski definition) is 7. The SMILES string of the molecule is COc1nc(Cl)nc(NCc2ccncn2)n1. The van der Waals surface area contributed by atoms with Crippen LogP contribution in [0.25, 0.3) is 0 Å². The first kappa shape index (κ1) is 11.5. The topological polar surface area (TPSA) is 85.7 Å². The van der Waals surface area contributed by atoms with Gasteiger partial charge in [-0.05, 0) is 17.7 Å². The molecule has 0 aromatic carbocycles. The molecule has 0 saturated carbocycles. The summed E-state index contributed by atoms with van der Waals surface area (Å²) in [4.78, 5) is 19.5. The molecule has 0 saturated heterocycles. The Morgan fingerprint density at radius 3 is 2.94 bits per heavy atom. The highest BCUT2D eigenvalue weighted by atomic mass is 35.5. The molecule has 2 rings (SSSR count). The summed E-state index contributed by atoms with van der Waals surface area (Å²) in [7, 11) is 1.46. The van der Waals surface area contributed by atoms with Gasteiger partial charge >= 0.3 is 6.01 Å². The van der Waals surface area contributed by atoms with E-state index in [2.05, 4.69) is 30.2 Å². The normalized spacial score (nSPS) is 10.0. The molecule has 2 heterocycles. The highest BCUT2D eigenvalue weighted by Gasteiger charge is 2.04. The van der Waals surface area contributed by atoms with Gasteiger partial charge in [-0.2, -0.15) is 15.0 Å². The molecule has 0 fully saturated rings. The number of anilines is 1. The molecule has 88 valence electrons. The molecular weight excluding hydrogens is 244 g/mol. The van der Waals surface area contributed by atoms with Crippen molar-refractivity contribution in [2.45, 2.75) is 6.54 Å². The van der Waals surface area contributed by atoms with Crippen LogP contribution in [0.15, 0.2) is 18.6 Å². The molecule has 0 unspecified atom stereocenters. The van der Waals surface area contributed by atoms with Crippen LogP contribution in [0.4, 0.5) is 5.95 Å². The third-order valence-electron chi connectivity index (χ3n) is 1.84. The van der Waals surface area contributed by atoms with Crippen molar-refractivity contribution in [2.24, 2.45) is 0 Å². The van der Waals surface area contributed by atoms with Crippen molar-refractivity contribution < 1.29 is 4.74 Å². The van der Waals surface area contributed by atoms with Gasteiger partial charge in [-0.1, -0.05) is 0 Å². The Morgan fingerprint density at radius 1 is 1.35 bits per heavy atom. The fraction of sp³-hybridized carbons (Fsp3) is 0.222. The Bertz CT molecular complexity index is 494. The van der Waals surface area contributed by atoms with Crippen LogP contribution in [0.2, 0.25) is 5.28 Å². The predicted molar refractivity (Wildman–Crippen MR) is 60.7 cm³/mol. The van der Waals surface area contributed by atoms with Crippen molar-refractivity contribution in [3.8, 4) is 6.01 Å². The zero-order valence-electron chi connectivity index (χ0n) is 8.96. The summed E-state index contributed by atoms with van der Waals surface area (Å²) < 4.78 is 4.88. The van der Waals surface area contributed by atoms with E-state index >= 15 is 0 Å². The van der Waals surface area contributed by atoms with Gasteiger partial charge in [-0.25, -0.2) is 9.97 Å². The van der Waals surface area contributed by atoms with Gasteiger partial charge < -0.3 is 10.1 Å². The first-order chi connectivity index (χ1) is 8.28. The van der Waals surface area contributed by atoms with Crippen molar-refractivity contribution in [1.82, 2.24) is 24.9 Å². The lowest BCUT2D eigenvalue weighted by atomic mass is 10.4. The number of aromatic nitrogens is 5. The molecule has 2 aromatic heterocycles. The Labute approximate surface area is 102 Å². The van der Waals surface area contributed by atoms with E-state index in [1.54, 1.807) is 12.3 Å². The minimum atomic E-state index is 0.0713. The molecule has 0 aliphatic carbocycles. The summed E-state index contributed by atoms with van der Waals surface area (Å²) >= 11 is 5.70. The average molecular weight is 253 g/mol. The minimum absolute atomic E-state index is 0.0713. The second kappa shape index (κ2) is 5.35. The number of methoxy groups -OCH3 is 1. The molecule has 0 amide bonds. The van der Waals surface area contributed by atoms with Crippen LogP contribution in [0.1, 0.15) is 5.69 Å². The lowest BCUT2D eigenvalue weighted by Crippen LogP contribution is -2.07. The van der Waals surface area contributed by atoms with Gasteiger partial charge in [-0.3, -0.25) is 0 Å². The second-order valence-electron chi connectivity index (χ2n) is 2.97. The van der Waals surface area contributed by atoms with E-state index in [1.165, 1.54) is 13.4 Å². The van der Waals surface area contributed by atoms with Crippen molar-refractivity contribution in [3.63, 3.8) is 0 Å². The fourth-order valence-corrected chi connectivity index (χ4v) is 1.25. The summed E-state index contributed by atoms with van der Waals surface area (Å²) in [6, 6.07) is 1.95. The largest absolute Gasteiger partial charge is 0.467 e. The highest BCUT2D eigenvalue weighted by Crippen LogP contribution is 2.11. The van der Waals surface area contributed by atoms with Crippen molar-refractivity contribution in [1.29, 1.82) is 0 Å². The van der Waals surface area contributed by atoms with Gasteiger partial charge in [0, 0.05) is 6.20 Å². The first-order valence-corrected chi connectivity index (χ1v) is 5.10. The molecular formula is C9H9ClN6O. The molecule has 1 N–H and O–H groups in total. The molecule has 0 bridgehead atoms. The maximum Gasteiger partial charge on any atom is 0.322 e. The fourth-order valence-electron chi connectivity index (χ4n) is 1.09. The van der Waals surface area contributed by atoms with Crippen molar-refractivity contribution in [2.75, 3.05) is 12.4 Å². The van der Waals surface area contributed by atoms with Gasteiger partial charge in [0.25, 0.3) is 0 Å². The van der Waals surface area contributed by atoms with Gasteiger partial charge in [-0.15, -0.1) is 0 Å².